The van der Waals surface area contributed by atoms with Crippen molar-refractivity contribution in [3.63, 3.8) is 0 Å². The Kier molecular flexibility index (Phi) is 5.11. The summed E-state index contributed by atoms with van der Waals surface area (Å²) in [6.45, 7) is 0. The van der Waals surface area contributed by atoms with Gasteiger partial charge < -0.3 is 13.6 Å². The van der Waals surface area contributed by atoms with Crippen LogP contribution in [0.25, 0.3) is 121 Å². The standard InChI is InChI=1S/C50H28N2O/c1-2-10-31-25-32(20-19-29(31)9-1)52-45-28-47-43(36-14-4-6-18-46(36)53-47)27-42(45)40-24-23-39-35-13-3-5-17-44(35)51(49(39)50(40)52)33-21-22-34-37-15-7-11-30-12-8-16-38(48(30)37)41(34)26-33/h1-28H. The second kappa shape index (κ2) is 9.81. The molecule has 3 nitrogen and oxygen atoms in total. The molecule has 0 unspecified atom stereocenters. The molecule has 0 saturated carbocycles. The zero-order valence-electron chi connectivity index (χ0n) is 28.5. The van der Waals surface area contributed by atoms with Gasteiger partial charge >= 0.3 is 0 Å². The Bertz CT molecular complexity index is 3570. The van der Waals surface area contributed by atoms with Crippen molar-refractivity contribution in [1.82, 2.24) is 9.13 Å². The molecular formula is C50H28N2O. The highest BCUT2D eigenvalue weighted by molar-refractivity contribution is 6.26. The van der Waals surface area contributed by atoms with Gasteiger partial charge in [-0.3, -0.25) is 0 Å². The van der Waals surface area contributed by atoms with Crippen LogP contribution in [0.4, 0.5) is 0 Å². The fourth-order valence-corrected chi connectivity index (χ4v) is 9.54. The number of benzene rings is 9. The number of nitrogens with zero attached hydrogens (tertiary/aromatic N) is 2. The summed E-state index contributed by atoms with van der Waals surface area (Å²) < 4.78 is 11.5. The molecule has 0 atom stereocenters. The van der Waals surface area contributed by atoms with Crippen LogP contribution in [-0.4, -0.2) is 9.13 Å². The minimum atomic E-state index is 0.896. The van der Waals surface area contributed by atoms with Crippen molar-refractivity contribution in [2.45, 2.75) is 0 Å². The predicted octanol–water partition coefficient (Wildman–Crippen LogP) is 13.7. The highest BCUT2D eigenvalue weighted by atomic mass is 16.3. The molecule has 3 heteroatoms. The van der Waals surface area contributed by atoms with Gasteiger partial charge in [-0.1, -0.05) is 121 Å². The Morgan fingerprint density at radius 3 is 1.85 bits per heavy atom. The lowest BCUT2D eigenvalue weighted by atomic mass is 10.0. The third-order valence-corrected chi connectivity index (χ3v) is 11.8. The van der Waals surface area contributed by atoms with Crippen LogP contribution in [0, 0.1) is 0 Å². The Hall–Kier alpha value is -7.10. The van der Waals surface area contributed by atoms with Crippen LogP contribution in [0.2, 0.25) is 0 Å². The molecule has 0 spiro atoms. The Morgan fingerprint density at radius 2 is 0.981 bits per heavy atom. The van der Waals surface area contributed by atoms with E-state index in [1.807, 2.05) is 6.07 Å². The maximum atomic E-state index is 6.52. The molecule has 0 amide bonds. The molecule has 0 aliphatic heterocycles. The van der Waals surface area contributed by atoms with Gasteiger partial charge in [0, 0.05) is 49.8 Å². The van der Waals surface area contributed by atoms with E-state index in [4.69, 9.17) is 4.42 Å². The molecular weight excluding hydrogens is 645 g/mol. The monoisotopic (exact) mass is 672 g/mol. The summed E-state index contributed by atoms with van der Waals surface area (Å²) in [4.78, 5) is 0. The molecule has 0 bridgehead atoms. The van der Waals surface area contributed by atoms with Crippen LogP contribution in [0.5, 0.6) is 0 Å². The van der Waals surface area contributed by atoms with Crippen molar-refractivity contribution < 1.29 is 4.42 Å². The van der Waals surface area contributed by atoms with Gasteiger partial charge in [0.15, 0.2) is 0 Å². The van der Waals surface area contributed by atoms with Gasteiger partial charge in [0.05, 0.1) is 22.1 Å². The minimum absolute atomic E-state index is 0.896. The first-order chi connectivity index (χ1) is 26.3. The molecule has 1 aliphatic carbocycles. The summed E-state index contributed by atoms with van der Waals surface area (Å²) in [5.41, 5.74) is 14.0. The van der Waals surface area contributed by atoms with Crippen molar-refractivity contribution in [2.75, 3.05) is 0 Å². The summed E-state index contributed by atoms with van der Waals surface area (Å²) in [7, 11) is 0. The molecule has 13 rings (SSSR count). The van der Waals surface area contributed by atoms with Gasteiger partial charge in [-0.15, -0.1) is 0 Å². The lowest BCUT2D eigenvalue weighted by Crippen LogP contribution is -1.99. The van der Waals surface area contributed by atoms with Crippen molar-refractivity contribution in [3.05, 3.63) is 170 Å². The zero-order valence-corrected chi connectivity index (χ0v) is 28.5. The van der Waals surface area contributed by atoms with Gasteiger partial charge in [0.1, 0.15) is 11.2 Å². The maximum Gasteiger partial charge on any atom is 0.137 e. The summed E-state index contributed by atoms with van der Waals surface area (Å²) in [6.07, 6.45) is 0. The van der Waals surface area contributed by atoms with Crippen molar-refractivity contribution in [3.8, 4) is 33.6 Å². The number of hydrogen-bond acceptors (Lipinski definition) is 1. The molecule has 0 N–H and O–H groups in total. The fourth-order valence-electron chi connectivity index (χ4n) is 9.54. The first kappa shape index (κ1) is 27.6. The van der Waals surface area contributed by atoms with E-state index in [9.17, 15) is 0 Å². The molecule has 0 saturated heterocycles. The topological polar surface area (TPSA) is 23.0 Å². The summed E-state index contributed by atoms with van der Waals surface area (Å²) in [5, 5.41) is 12.3. The third-order valence-electron chi connectivity index (χ3n) is 11.8. The van der Waals surface area contributed by atoms with Crippen LogP contribution in [0.15, 0.2) is 174 Å². The minimum Gasteiger partial charge on any atom is -0.456 e. The lowest BCUT2D eigenvalue weighted by Gasteiger charge is -2.14. The Labute approximate surface area is 303 Å². The molecule has 12 aromatic rings. The molecule has 0 fully saturated rings. The van der Waals surface area contributed by atoms with Crippen LogP contribution < -0.4 is 0 Å². The highest BCUT2D eigenvalue weighted by Gasteiger charge is 2.25. The van der Waals surface area contributed by atoms with E-state index in [-0.39, 0.29) is 0 Å². The predicted molar refractivity (Wildman–Crippen MR) is 222 cm³/mol. The van der Waals surface area contributed by atoms with E-state index >= 15 is 0 Å². The van der Waals surface area contributed by atoms with Crippen LogP contribution >= 0.6 is 0 Å². The first-order valence-electron chi connectivity index (χ1n) is 18.3. The molecule has 53 heavy (non-hydrogen) atoms. The number of hydrogen-bond donors (Lipinski definition) is 0. The number of aromatic nitrogens is 2. The largest absolute Gasteiger partial charge is 0.456 e. The number of rotatable bonds is 2. The average molecular weight is 673 g/mol. The quantitative estimate of drug-likeness (QED) is 0.179. The molecule has 9 aromatic carbocycles. The molecule has 0 radical (unpaired) electrons. The second-order valence-electron chi connectivity index (χ2n) is 14.5. The van der Waals surface area contributed by atoms with Crippen molar-refractivity contribution in [1.29, 1.82) is 0 Å². The van der Waals surface area contributed by atoms with E-state index < -0.39 is 0 Å². The van der Waals surface area contributed by atoms with Gasteiger partial charge in [0.25, 0.3) is 0 Å². The second-order valence-corrected chi connectivity index (χ2v) is 14.5. The van der Waals surface area contributed by atoms with Crippen molar-refractivity contribution >= 4 is 87.1 Å². The van der Waals surface area contributed by atoms with Crippen LogP contribution in [0.3, 0.4) is 0 Å². The SMILES string of the molecule is c1ccc2cc(-n3c4cc5oc6ccccc6c5cc4c4ccc5c6ccccc6n(-c6ccc7c(c6)-c6cccc8cccc-7c68)c5c43)ccc2c1. The average Bonchev–Trinajstić information content (AvgIpc) is 3.94. The van der Waals surface area contributed by atoms with E-state index in [0.29, 0.717) is 0 Å². The smallest absolute Gasteiger partial charge is 0.137 e. The van der Waals surface area contributed by atoms with E-state index in [2.05, 4.69) is 173 Å². The lowest BCUT2D eigenvalue weighted by molar-refractivity contribution is 0.669. The van der Waals surface area contributed by atoms with Crippen molar-refractivity contribution in [2.24, 2.45) is 0 Å². The van der Waals surface area contributed by atoms with E-state index in [1.165, 1.54) is 81.9 Å². The highest BCUT2D eigenvalue weighted by Crippen LogP contribution is 2.49. The normalized spacial score (nSPS) is 12.5. The summed E-state index contributed by atoms with van der Waals surface area (Å²) in [6, 6.07) is 62.4. The van der Waals surface area contributed by atoms with Crippen LogP contribution in [0.1, 0.15) is 0 Å². The number of furan rings is 1. The molecule has 1 aliphatic rings. The first-order valence-corrected chi connectivity index (χ1v) is 18.3. The van der Waals surface area contributed by atoms with Gasteiger partial charge in [0.2, 0.25) is 0 Å². The Balaban J connectivity index is 1.20. The van der Waals surface area contributed by atoms with Gasteiger partial charge in [-0.05, 0) is 86.3 Å². The van der Waals surface area contributed by atoms with Crippen LogP contribution in [-0.2, 0) is 0 Å². The molecule has 3 heterocycles. The maximum absolute atomic E-state index is 6.52. The Morgan fingerprint density at radius 1 is 0.321 bits per heavy atom. The number of para-hydroxylation sites is 2. The molecule has 3 aromatic heterocycles. The zero-order chi connectivity index (χ0) is 34.4. The summed E-state index contributed by atoms with van der Waals surface area (Å²) >= 11 is 0. The van der Waals surface area contributed by atoms with Gasteiger partial charge in [-0.25, -0.2) is 0 Å². The third kappa shape index (κ3) is 3.53. The molecule has 244 valence electrons. The summed E-state index contributed by atoms with van der Waals surface area (Å²) in [5.74, 6) is 0. The number of fused-ring (bicyclic) bond motifs is 14. The van der Waals surface area contributed by atoms with Gasteiger partial charge in [-0.2, -0.15) is 0 Å². The van der Waals surface area contributed by atoms with E-state index in [0.717, 1.165) is 38.8 Å². The fraction of sp³-hybridized carbons (Fsp3) is 0. The van der Waals surface area contributed by atoms with E-state index in [1.54, 1.807) is 0 Å².